The molecule has 0 aliphatic heterocycles. The molecule has 0 aliphatic rings. The summed E-state index contributed by atoms with van der Waals surface area (Å²) in [5.74, 6) is -0.734. The molecule has 0 aliphatic carbocycles. The Balaban J connectivity index is 1.47. The Morgan fingerprint density at radius 2 is 1.78 bits per heavy atom. The number of rotatable bonds is 4. The van der Waals surface area contributed by atoms with Gasteiger partial charge in [0.1, 0.15) is 11.5 Å². The summed E-state index contributed by atoms with van der Waals surface area (Å²) >= 11 is 0. The van der Waals surface area contributed by atoms with Gasteiger partial charge in [0, 0.05) is 5.56 Å². The molecule has 6 heteroatoms. The predicted molar refractivity (Wildman–Crippen MR) is 103 cm³/mol. The topological polar surface area (TPSA) is 70.1 Å². The summed E-state index contributed by atoms with van der Waals surface area (Å²) in [6, 6.07) is 21.5. The van der Waals surface area contributed by atoms with Crippen LogP contribution in [-0.4, -0.2) is 22.3 Å². The SMILES string of the molecule is O=C(NN=Cc1ccc(F)cc1)c1cc(-c2ccc3ccccc3c2)n[nH]1. The third kappa shape index (κ3) is 3.74. The van der Waals surface area contributed by atoms with Gasteiger partial charge in [0.15, 0.2) is 0 Å². The minimum absolute atomic E-state index is 0.300. The normalized spacial score (nSPS) is 11.1. The first-order chi connectivity index (χ1) is 13.2. The van der Waals surface area contributed by atoms with Crippen LogP contribution in [0.2, 0.25) is 0 Å². The number of aromatic nitrogens is 2. The van der Waals surface area contributed by atoms with Gasteiger partial charge in [-0.05, 0) is 40.6 Å². The van der Waals surface area contributed by atoms with Crippen molar-refractivity contribution in [3.8, 4) is 11.3 Å². The quantitative estimate of drug-likeness (QED) is 0.425. The molecule has 0 radical (unpaired) electrons. The second-order valence-corrected chi connectivity index (χ2v) is 5.98. The number of halogens is 1. The number of hydrogen-bond acceptors (Lipinski definition) is 3. The first-order valence-electron chi connectivity index (χ1n) is 8.32. The van der Waals surface area contributed by atoms with Crippen molar-refractivity contribution in [2.75, 3.05) is 0 Å². The molecule has 0 fully saturated rings. The fourth-order valence-corrected chi connectivity index (χ4v) is 2.71. The van der Waals surface area contributed by atoms with E-state index in [1.165, 1.54) is 18.3 Å². The molecule has 0 bridgehead atoms. The number of H-pyrrole nitrogens is 1. The molecule has 0 atom stereocenters. The standard InChI is InChI=1S/C21H15FN4O/c22-18-9-5-14(6-10-18)13-23-26-21(27)20-12-19(24-25-20)17-8-7-15-3-1-2-4-16(15)11-17/h1-13H,(H,24,25)(H,26,27). The summed E-state index contributed by atoms with van der Waals surface area (Å²) in [5, 5.41) is 13.1. The van der Waals surface area contributed by atoms with Gasteiger partial charge < -0.3 is 0 Å². The number of carbonyl (C=O) groups is 1. The number of fused-ring (bicyclic) bond motifs is 1. The van der Waals surface area contributed by atoms with Gasteiger partial charge in [-0.25, -0.2) is 9.82 Å². The van der Waals surface area contributed by atoms with Gasteiger partial charge in [-0.2, -0.15) is 10.2 Å². The van der Waals surface area contributed by atoms with Crippen LogP contribution in [-0.2, 0) is 0 Å². The number of nitrogens with one attached hydrogen (secondary N) is 2. The maximum absolute atomic E-state index is 12.9. The predicted octanol–water partition coefficient (Wildman–Crippen LogP) is 4.13. The highest BCUT2D eigenvalue weighted by Crippen LogP contribution is 2.23. The molecule has 0 saturated carbocycles. The Morgan fingerprint density at radius 3 is 2.59 bits per heavy atom. The summed E-state index contributed by atoms with van der Waals surface area (Å²) in [6.45, 7) is 0. The highest BCUT2D eigenvalue weighted by Gasteiger charge is 2.10. The number of hydrazone groups is 1. The average Bonchev–Trinajstić information content (AvgIpc) is 3.19. The Kier molecular flexibility index (Phi) is 4.45. The second kappa shape index (κ2) is 7.21. The second-order valence-electron chi connectivity index (χ2n) is 5.98. The molecular weight excluding hydrogens is 343 g/mol. The van der Waals surface area contributed by atoms with Crippen molar-refractivity contribution >= 4 is 22.9 Å². The summed E-state index contributed by atoms with van der Waals surface area (Å²) in [6.07, 6.45) is 1.44. The molecule has 0 unspecified atom stereocenters. The van der Waals surface area contributed by atoms with Crippen LogP contribution in [0.15, 0.2) is 77.9 Å². The van der Waals surface area contributed by atoms with Gasteiger partial charge in [0.05, 0.1) is 11.9 Å². The zero-order valence-electron chi connectivity index (χ0n) is 14.2. The van der Waals surface area contributed by atoms with Crippen LogP contribution in [0.25, 0.3) is 22.0 Å². The lowest BCUT2D eigenvalue weighted by Crippen LogP contribution is -2.17. The highest BCUT2D eigenvalue weighted by atomic mass is 19.1. The summed E-state index contributed by atoms with van der Waals surface area (Å²) in [7, 11) is 0. The first kappa shape index (κ1) is 16.7. The number of benzene rings is 3. The van der Waals surface area contributed by atoms with Gasteiger partial charge in [-0.3, -0.25) is 9.89 Å². The van der Waals surface area contributed by atoms with Crippen LogP contribution in [0, 0.1) is 5.82 Å². The van der Waals surface area contributed by atoms with Crippen molar-refractivity contribution in [2.45, 2.75) is 0 Å². The van der Waals surface area contributed by atoms with Gasteiger partial charge in [-0.1, -0.05) is 48.5 Å². The maximum atomic E-state index is 12.9. The summed E-state index contributed by atoms with van der Waals surface area (Å²) in [4.78, 5) is 12.2. The molecule has 1 amide bonds. The summed E-state index contributed by atoms with van der Waals surface area (Å²) < 4.78 is 12.9. The van der Waals surface area contributed by atoms with Crippen molar-refractivity contribution in [1.29, 1.82) is 0 Å². The number of hydrogen-bond donors (Lipinski definition) is 2. The van der Waals surface area contributed by atoms with Gasteiger partial charge in [0.25, 0.3) is 5.91 Å². The van der Waals surface area contributed by atoms with Gasteiger partial charge in [0.2, 0.25) is 0 Å². The Labute approximate surface area is 154 Å². The largest absolute Gasteiger partial charge is 0.289 e. The highest BCUT2D eigenvalue weighted by molar-refractivity contribution is 5.94. The van der Waals surface area contributed by atoms with E-state index in [0.717, 1.165) is 16.3 Å². The van der Waals surface area contributed by atoms with E-state index < -0.39 is 5.91 Å². The molecule has 1 heterocycles. The van der Waals surface area contributed by atoms with Crippen molar-refractivity contribution in [3.63, 3.8) is 0 Å². The van der Waals surface area contributed by atoms with Crippen LogP contribution in [0.1, 0.15) is 16.1 Å². The van der Waals surface area contributed by atoms with Crippen LogP contribution in [0.5, 0.6) is 0 Å². The fraction of sp³-hybridized carbons (Fsp3) is 0. The molecule has 4 rings (SSSR count). The Bertz CT molecular complexity index is 1130. The van der Waals surface area contributed by atoms with Gasteiger partial charge >= 0.3 is 0 Å². The molecular formula is C21H15FN4O. The first-order valence-corrected chi connectivity index (χ1v) is 8.32. The minimum Gasteiger partial charge on any atom is -0.272 e. The molecule has 3 aromatic carbocycles. The maximum Gasteiger partial charge on any atom is 0.289 e. The Hall–Kier alpha value is -3.80. The monoisotopic (exact) mass is 358 g/mol. The molecule has 27 heavy (non-hydrogen) atoms. The van der Waals surface area contributed by atoms with E-state index in [4.69, 9.17) is 0 Å². The zero-order chi connectivity index (χ0) is 18.6. The van der Waals surface area contributed by atoms with E-state index in [1.807, 2.05) is 42.5 Å². The third-order valence-electron chi connectivity index (χ3n) is 4.12. The van der Waals surface area contributed by atoms with E-state index in [2.05, 4.69) is 20.7 Å². The van der Waals surface area contributed by atoms with Crippen LogP contribution in [0.4, 0.5) is 4.39 Å². The van der Waals surface area contributed by atoms with Gasteiger partial charge in [-0.15, -0.1) is 0 Å². The lowest BCUT2D eigenvalue weighted by Gasteiger charge is -2.00. The number of nitrogens with zero attached hydrogens (tertiary/aromatic N) is 2. The molecule has 2 N–H and O–H groups in total. The van der Waals surface area contributed by atoms with Crippen LogP contribution >= 0.6 is 0 Å². The summed E-state index contributed by atoms with van der Waals surface area (Å²) in [5.41, 5.74) is 4.99. The molecule has 0 saturated heterocycles. The molecule has 0 spiro atoms. The molecule has 4 aromatic rings. The van der Waals surface area contributed by atoms with Crippen LogP contribution in [0.3, 0.4) is 0 Å². The smallest absolute Gasteiger partial charge is 0.272 e. The molecule has 5 nitrogen and oxygen atoms in total. The zero-order valence-corrected chi connectivity index (χ0v) is 14.2. The Morgan fingerprint density at radius 1 is 1.00 bits per heavy atom. The fourth-order valence-electron chi connectivity index (χ4n) is 2.71. The molecule has 1 aromatic heterocycles. The van der Waals surface area contributed by atoms with Crippen LogP contribution < -0.4 is 5.43 Å². The number of amides is 1. The van der Waals surface area contributed by atoms with E-state index in [9.17, 15) is 9.18 Å². The lowest BCUT2D eigenvalue weighted by atomic mass is 10.1. The van der Waals surface area contributed by atoms with Crippen molar-refractivity contribution in [2.24, 2.45) is 5.10 Å². The lowest BCUT2D eigenvalue weighted by molar-refractivity contribution is 0.0950. The van der Waals surface area contributed by atoms with Crippen molar-refractivity contribution < 1.29 is 9.18 Å². The van der Waals surface area contributed by atoms with Crippen molar-refractivity contribution in [3.05, 3.63) is 89.9 Å². The number of aromatic amines is 1. The average molecular weight is 358 g/mol. The van der Waals surface area contributed by atoms with Crippen molar-refractivity contribution in [1.82, 2.24) is 15.6 Å². The van der Waals surface area contributed by atoms with E-state index in [1.54, 1.807) is 18.2 Å². The number of carbonyl (C=O) groups excluding carboxylic acids is 1. The van der Waals surface area contributed by atoms with E-state index >= 15 is 0 Å². The third-order valence-corrected chi connectivity index (χ3v) is 4.12. The molecule has 132 valence electrons. The minimum atomic E-state index is -0.409. The van der Waals surface area contributed by atoms with E-state index in [0.29, 0.717) is 17.0 Å². The van der Waals surface area contributed by atoms with E-state index in [-0.39, 0.29) is 5.82 Å².